The van der Waals surface area contributed by atoms with E-state index in [2.05, 4.69) is 95.4 Å². The molecule has 0 atom stereocenters. The van der Waals surface area contributed by atoms with Gasteiger partial charge in [0.2, 0.25) is 0 Å². The topological polar surface area (TPSA) is 437 Å². The van der Waals surface area contributed by atoms with Crippen LogP contribution in [0.1, 0.15) is 69.4 Å². The maximum atomic E-state index is 12.8. The third-order valence-corrected chi connectivity index (χ3v) is 12.8. The molecule has 0 saturated heterocycles. The quantitative estimate of drug-likeness (QED) is 0.0794. The zero-order valence-corrected chi connectivity index (χ0v) is 71.4. The van der Waals surface area contributed by atoms with Crippen LogP contribution in [0.2, 0.25) is 0 Å². The molecule has 0 saturated carbocycles. The summed E-state index contributed by atoms with van der Waals surface area (Å²) in [6, 6.07) is 53.8. The van der Waals surface area contributed by atoms with Gasteiger partial charge in [-0.25, -0.2) is 57.7 Å². The van der Waals surface area contributed by atoms with Gasteiger partial charge in [-0.05, 0) is 145 Å². The van der Waals surface area contributed by atoms with E-state index in [0.29, 0.717) is 39.9 Å². The molecule has 15 rings (SSSR count). The molecule has 0 fully saturated rings. The summed E-state index contributed by atoms with van der Waals surface area (Å²) in [5, 5.41) is 60.5. The Morgan fingerprint density at radius 1 is 0.292 bits per heavy atom. The Bertz CT molecular complexity index is 4930. The van der Waals surface area contributed by atoms with Gasteiger partial charge in [0.25, 0.3) is 0 Å². The number of halogens is 12. The molecule has 0 aromatic carbocycles. The van der Waals surface area contributed by atoms with Crippen LogP contribution in [0.4, 0.5) is 52.7 Å². The van der Waals surface area contributed by atoms with Crippen LogP contribution in [0.15, 0.2) is 274 Å². The number of rotatable bonds is 10. The minimum Gasteiger partial charge on any atom is -0.632 e. The molecular formula is C74H50F12Ir5N19O10-5. The Labute approximate surface area is 735 Å². The largest absolute Gasteiger partial charge is 0.632 e. The number of pyridine rings is 10. The molecule has 0 aliphatic heterocycles. The number of carboxylic acids is 5. The van der Waals surface area contributed by atoms with Crippen molar-refractivity contribution >= 4 is 29.8 Å². The number of aromatic nitrogens is 19. The van der Waals surface area contributed by atoms with Crippen molar-refractivity contribution in [3.05, 3.63) is 338 Å². The van der Waals surface area contributed by atoms with Gasteiger partial charge < -0.3 is 71.1 Å². The minimum atomic E-state index is -5.23. The van der Waals surface area contributed by atoms with Crippen molar-refractivity contribution in [3.63, 3.8) is 0 Å². The van der Waals surface area contributed by atoms with Crippen LogP contribution in [-0.2, 0) is 119 Å². The third kappa shape index (κ3) is 37.8. The molecule has 635 valence electrons. The first-order valence-corrected chi connectivity index (χ1v) is 31.5. The van der Waals surface area contributed by atoms with Crippen LogP contribution in [0.25, 0.3) is 56.9 Å². The molecule has 0 spiro atoms. The summed E-state index contributed by atoms with van der Waals surface area (Å²) in [5.41, 5.74) is -1.84. The molecule has 5 N–H and O–H groups in total. The Kier molecular flexibility index (Phi) is 47.8. The number of carboxylic acid groups (broad SMARTS) is 5. The smallest absolute Gasteiger partial charge is 0.432 e. The number of hydrogen-bond donors (Lipinski definition) is 5. The van der Waals surface area contributed by atoms with E-state index in [0.717, 1.165) is 18.3 Å². The van der Waals surface area contributed by atoms with Gasteiger partial charge in [-0.3, -0.25) is 24.9 Å². The van der Waals surface area contributed by atoms with Crippen molar-refractivity contribution in [2.24, 2.45) is 0 Å². The minimum absolute atomic E-state index is 0. The molecule has 0 aliphatic carbocycles. The van der Waals surface area contributed by atoms with Crippen molar-refractivity contribution < 1.29 is 203 Å². The molecule has 15 aromatic heterocycles. The van der Waals surface area contributed by atoms with E-state index in [9.17, 15) is 76.7 Å². The van der Waals surface area contributed by atoms with E-state index in [4.69, 9.17) is 25.5 Å². The fourth-order valence-corrected chi connectivity index (χ4v) is 7.80. The van der Waals surface area contributed by atoms with Crippen molar-refractivity contribution in [3.8, 4) is 56.9 Å². The second-order valence-corrected chi connectivity index (χ2v) is 20.8. The fraction of sp³-hybridized carbons (Fsp3) is 0.0405. The molecule has 0 amide bonds. The first-order valence-electron chi connectivity index (χ1n) is 31.5. The summed E-state index contributed by atoms with van der Waals surface area (Å²) in [6.07, 6.45) is 0.517. The van der Waals surface area contributed by atoms with Crippen molar-refractivity contribution in [2.45, 2.75) is 18.5 Å². The van der Waals surface area contributed by atoms with Gasteiger partial charge in [-0.15, -0.1) is 5.69 Å². The zero-order chi connectivity index (χ0) is 83.8. The molecule has 0 aliphatic rings. The van der Waals surface area contributed by atoms with E-state index in [1.54, 1.807) is 134 Å². The van der Waals surface area contributed by atoms with Gasteiger partial charge >= 0.3 is 48.4 Å². The van der Waals surface area contributed by atoms with Crippen LogP contribution >= 0.6 is 0 Å². The van der Waals surface area contributed by atoms with E-state index in [1.807, 2.05) is 24.3 Å². The number of nitrogens with zero attached hydrogens (tertiary/aromatic N) is 19. The van der Waals surface area contributed by atoms with Crippen LogP contribution in [-0.4, -0.2) is 125 Å². The summed E-state index contributed by atoms with van der Waals surface area (Å²) in [5.74, 6) is -5.99. The first kappa shape index (κ1) is 105. The molecule has 5 radical (unpaired) electrons. The SMILES string of the molecule is FC(F)(F)c1cc(-c2ccccn2)[n-]n1.FC(F)(F)c1n[n-]c(-c2ccccn2)c1C(F)(F)F.Fc1cc(-c2ccccn2)[n-]n1.Fc1ccc(-c2ccccn2)[n-]1.Fc1ncc(-c2ccccn2)[n-]1.O=C(O)c1ccccn1.O=C(O)c1ccccn1.O=C(O)c1ccccn1.O=C(O)c1ccccn1.O=C(O)c1ccccn1.[Ir].[Ir].[Ir].[Ir].[Ir]. The van der Waals surface area contributed by atoms with Crippen molar-refractivity contribution in [1.82, 2.24) is 95.4 Å². The first-order chi connectivity index (χ1) is 54.9. The predicted octanol–water partition coefficient (Wildman–Crippen LogP) is 13.5. The van der Waals surface area contributed by atoms with E-state index >= 15 is 0 Å². The average Bonchev–Trinajstić information content (AvgIpc) is 1.61. The van der Waals surface area contributed by atoms with Crippen LogP contribution in [0, 0.1) is 18.0 Å². The van der Waals surface area contributed by atoms with Crippen molar-refractivity contribution in [2.75, 3.05) is 0 Å². The molecule has 15 heterocycles. The standard InChI is InChI=1S/C10H4F6N3.C9H5F3N3.C9H6FN2.2C8H5FN3.5C6H5NO2.5Ir/c11-9(12,13)6-7(5-3-1-2-4-17-5)18-19-8(6)10(14,15)16;10-9(11,12)8-5-7(14-15-8)6-3-1-2-4-13-6;10-9-5-4-8(12-9)7-3-1-2-6-11-7;9-8-11-5-7(12-8)6-3-1-2-4-10-6;9-8-5-7(11-12-8)6-3-1-2-4-10-6;5*8-6(9)5-3-1-2-4-7-5;;;;;/h1-4H;1-5H;1-6H;2*1-5H;5*1-4H,(H,8,9);;;;;/q5*-1;;;;;;;;;;. The van der Waals surface area contributed by atoms with Gasteiger partial charge in [-0.1, -0.05) is 90.0 Å². The van der Waals surface area contributed by atoms with Crippen LogP contribution < -0.4 is 25.3 Å². The zero-order valence-electron chi connectivity index (χ0n) is 59.5. The molecule has 46 heteroatoms. The number of alkyl halides is 9. The molecule has 120 heavy (non-hydrogen) atoms. The Balaban J connectivity index is 0.000000670. The molecule has 15 aromatic rings. The molecule has 29 nitrogen and oxygen atoms in total. The summed E-state index contributed by atoms with van der Waals surface area (Å²) >= 11 is 0. The van der Waals surface area contributed by atoms with Gasteiger partial charge in [0.15, 0.2) is 5.95 Å². The number of hydrogen-bond acceptors (Lipinski definition) is 19. The monoisotopic (exact) mass is 2560 g/mol. The van der Waals surface area contributed by atoms with E-state index < -0.39 is 89.0 Å². The molecule has 0 unspecified atom stereocenters. The molecular weight excluding hydrogens is 2500 g/mol. The van der Waals surface area contributed by atoms with Gasteiger partial charge in [0.05, 0.1) is 11.3 Å². The van der Waals surface area contributed by atoms with Crippen molar-refractivity contribution in [1.29, 1.82) is 0 Å². The summed E-state index contributed by atoms with van der Waals surface area (Å²) in [4.78, 5) is 98.6. The number of aromatic carboxylic acids is 5. The second-order valence-electron chi connectivity index (χ2n) is 20.8. The second kappa shape index (κ2) is 54.4. The summed E-state index contributed by atoms with van der Waals surface area (Å²) in [6.45, 7) is 0. The molecule has 0 bridgehead atoms. The fourth-order valence-electron chi connectivity index (χ4n) is 7.80. The number of carbonyl (C=O) groups is 5. The maximum Gasteiger partial charge on any atom is 0.432 e. The predicted molar refractivity (Wildman–Crippen MR) is 377 cm³/mol. The van der Waals surface area contributed by atoms with Crippen LogP contribution in [0.5, 0.6) is 0 Å². The van der Waals surface area contributed by atoms with Crippen LogP contribution in [0.3, 0.4) is 0 Å². The Hall–Kier alpha value is -12.6. The normalized spacial score (nSPS) is 9.83. The Morgan fingerprint density at radius 2 is 0.600 bits per heavy atom. The van der Waals surface area contributed by atoms with E-state index in [1.165, 1.54) is 98.0 Å². The third-order valence-electron chi connectivity index (χ3n) is 12.8. The Morgan fingerprint density at radius 3 is 0.833 bits per heavy atom. The summed E-state index contributed by atoms with van der Waals surface area (Å²) in [7, 11) is 0. The van der Waals surface area contributed by atoms with Gasteiger partial charge in [0.1, 0.15) is 45.9 Å². The average molecular weight is 2550 g/mol. The van der Waals surface area contributed by atoms with Gasteiger partial charge in [-0.2, -0.15) is 43.9 Å². The summed E-state index contributed by atoms with van der Waals surface area (Å²) < 4.78 is 150. The van der Waals surface area contributed by atoms with Gasteiger partial charge in [0, 0.05) is 191 Å². The maximum absolute atomic E-state index is 12.8. The number of imidazole rings is 1. The van der Waals surface area contributed by atoms with E-state index in [-0.39, 0.29) is 140 Å².